The topological polar surface area (TPSA) is 41.1 Å². The highest BCUT2D eigenvalue weighted by atomic mass is 35.5. The van der Waals surface area contributed by atoms with Crippen LogP contribution < -0.4 is 10.2 Å². The van der Waals surface area contributed by atoms with Gasteiger partial charge in [-0.25, -0.2) is 9.97 Å². The average molecular weight is 391 g/mol. The van der Waals surface area contributed by atoms with Crippen molar-refractivity contribution in [2.24, 2.45) is 0 Å². The van der Waals surface area contributed by atoms with Crippen LogP contribution >= 0.6 is 23.2 Å². The van der Waals surface area contributed by atoms with E-state index in [0.717, 1.165) is 24.2 Å². The lowest BCUT2D eigenvalue weighted by atomic mass is 10.2. The third-order valence-corrected chi connectivity index (χ3v) is 4.59. The van der Waals surface area contributed by atoms with Crippen LogP contribution in [0.15, 0.2) is 30.5 Å². The van der Waals surface area contributed by atoms with Crippen LogP contribution in [0.3, 0.4) is 0 Å². The largest absolute Gasteiger partial charge is 0.433 e. The molecule has 1 aromatic heterocycles. The van der Waals surface area contributed by atoms with Gasteiger partial charge >= 0.3 is 6.18 Å². The van der Waals surface area contributed by atoms with Crippen molar-refractivity contribution in [1.29, 1.82) is 0 Å². The predicted octanol–water partition coefficient (Wildman–Crippen LogP) is 4.17. The van der Waals surface area contributed by atoms with Crippen molar-refractivity contribution >= 4 is 29.2 Å². The molecule has 1 aliphatic rings. The highest BCUT2D eigenvalue weighted by Gasteiger charge is 2.34. The molecule has 2 aromatic rings. The van der Waals surface area contributed by atoms with E-state index in [0.29, 0.717) is 29.7 Å². The first-order valence-electron chi connectivity index (χ1n) is 7.65. The lowest BCUT2D eigenvalue weighted by Crippen LogP contribution is -2.32. The van der Waals surface area contributed by atoms with Crippen LogP contribution in [-0.2, 0) is 12.7 Å². The van der Waals surface area contributed by atoms with Crippen LogP contribution in [0.1, 0.15) is 17.7 Å². The Morgan fingerprint density at radius 3 is 2.76 bits per heavy atom. The van der Waals surface area contributed by atoms with Gasteiger partial charge in [-0.1, -0.05) is 29.3 Å². The Bertz CT molecular complexity index is 754. The summed E-state index contributed by atoms with van der Waals surface area (Å²) in [6, 6.07) is 6.28. The standard InChI is InChI=1S/C16H15Cl2F3N4/c17-11-2-1-10(13(18)7-11)8-23-12-4-6-25(9-12)15-22-5-3-14(24-15)16(19,20)21/h1-3,5,7,12,23H,4,6,8-9H2/t12-/m0/s1. The van der Waals surface area contributed by atoms with Crippen LogP contribution in [0.25, 0.3) is 0 Å². The Labute approximate surface area is 153 Å². The van der Waals surface area contributed by atoms with Crippen LogP contribution in [0, 0.1) is 0 Å². The minimum atomic E-state index is -4.47. The number of aromatic nitrogens is 2. The maximum absolute atomic E-state index is 12.8. The first-order valence-corrected chi connectivity index (χ1v) is 8.41. The Kier molecular flexibility index (Phi) is 5.36. The highest BCUT2D eigenvalue weighted by Crippen LogP contribution is 2.29. The van der Waals surface area contributed by atoms with E-state index in [1.54, 1.807) is 17.0 Å². The summed E-state index contributed by atoms with van der Waals surface area (Å²) < 4.78 is 38.3. The van der Waals surface area contributed by atoms with Gasteiger partial charge in [0.2, 0.25) is 5.95 Å². The van der Waals surface area contributed by atoms with E-state index >= 15 is 0 Å². The van der Waals surface area contributed by atoms with E-state index in [1.165, 1.54) is 0 Å². The van der Waals surface area contributed by atoms with Crippen LogP contribution in [0.5, 0.6) is 0 Å². The molecule has 0 amide bonds. The lowest BCUT2D eigenvalue weighted by molar-refractivity contribution is -0.141. The maximum atomic E-state index is 12.8. The molecule has 2 heterocycles. The SMILES string of the molecule is FC(F)(F)c1ccnc(N2CC[C@H](NCc3ccc(Cl)cc3Cl)C2)n1. The molecule has 0 radical (unpaired) electrons. The molecule has 9 heteroatoms. The summed E-state index contributed by atoms with van der Waals surface area (Å²) in [5.74, 6) is 0.101. The van der Waals surface area contributed by atoms with Crippen molar-refractivity contribution < 1.29 is 13.2 Å². The van der Waals surface area contributed by atoms with Crippen LogP contribution in [0.2, 0.25) is 10.0 Å². The van der Waals surface area contributed by atoms with Gasteiger partial charge in [0.1, 0.15) is 5.69 Å². The summed E-state index contributed by atoms with van der Waals surface area (Å²) in [4.78, 5) is 9.34. The number of hydrogen-bond donors (Lipinski definition) is 1. The molecule has 1 fully saturated rings. The van der Waals surface area contributed by atoms with E-state index in [9.17, 15) is 13.2 Å². The summed E-state index contributed by atoms with van der Waals surface area (Å²) in [5, 5.41) is 4.51. The number of alkyl halides is 3. The zero-order valence-electron chi connectivity index (χ0n) is 13.0. The minimum Gasteiger partial charge on any atom is -0.339 e. The number of hydrogen-bond acceptors (Lipinski definition) is 4. The molecule has 1 aromatic carbocycles. The third-order valence-electron chi connectivity index (χ3n) is 4.00. The van der Waals surface area contributed by atoms with Crippen molar-refractivity contribution in [2.45, 2.75) is 25.2 Å². The highest BCUT2D eigenvalue weighted by molar-refractivity contribution is 6.35. The maximum Gasteiger partial charge on any atom is 0.433 e. The molecule has 0 aliphatic carbocycles. The van der Waals surface area contributed by atoms with E-state index < -0.39 is 11.9 Å². The average Bonchev–Trinajstić information content (AvgIpc) is 3.02. The van der Waals surface area contributed by atoms with Gasteiger partial charge in [-0.05, 0) is 30.2 Å². The van der Waals surface area contributed by atoms with Crippen molar-refractivity contribution in [1.82, 2.24) is 15.3 Å². The van der Waals surface area contributed by atoms with Gasteiger partial charge in [0.25, 0.3) is 0 Å². The second-order valence-corrected chi connectivity index (χ2v) is 6.63. The van der Waals surface area contributed by atoms with E-state index in [4.69, 9.17) is 23.2 Å². The van der Waals surface area contributed by atoms with Gasteiger partial charge in [0.15, 0.2) is 0 Å². The molecule has 1 atom stereocenters. The first kappa shape index (κ1) is 18.2. The molecule has 0 unspecified atom stereocenters. The zero-order chi connectivity index (χ0) is 18.0. The van der Waals surface area contributed by atoms with Crippen LogP contribution in [0.4, 0.5) is 19.1 Å². The van der Waals surface area contributed by atoms with Gasteiger partial charge in [-0.3, -0.25) is 0 Å². The predicted molar refractivity (Wildman–Crippen MR) is 91.0 cm³/mol. The van der Waals surface area contributed by atoms with Gasteiger partial charge < -0.3 is 10.2 Å². The molecular formula is C16H15Cl2F3N4. The number of anilines is 1. The number of rotatable bonds is 4. The first-order chi connectivity index (χ1) is 11.8. The second kappa shape index (κ2) is 7.35. The molecule has 0 bridgehead atoms. The van der Waals surface area contributed by atoms with E-state index in [2.05, 4.69) is 15.3 Å². The normalized spacial score (nSPS) is 18.0. The van der Waals surface area contributed by atoms with Crippen molar-refractivity contribution in [3.63, 3.8) is 0 Å². The lowest BCUT2D eigenvalue weighted by Gasteiger charge is -2.18. The van der Waals surface area contributed by atoms with Crippen LogP contribution in [-0.4, -0.2) is 29.1 Å². The number of halogens is 5. The molecule has 3 rings (SSSR count). The number of benzene rings is 1. The molecular weight excluding hydrogens is 376 g/mol. The Morgan fingerprint density at radius 2 is 2.04 bits per heavy atom. The Morgan fingerprint density at radius 1 is 1.24 bits per heavy atom. The van der Waals surface area contributed by atoms with E-state index in [1.807, 2.05) is 6.07 Å². The molecule has 134 valence electrons. The number of nitrogens with one attached hydrogen (secondary N) is 1. The Balaban J connectivity index is 1.60. The van der Waals surface area contributed by atoms with Gasteiger partial charge in [-0.2, -0.15) is 13.2 Å². The summed E-state index contributed by atoms with van der Waals surface area (Å²) in [7, 11) is 0. The summed E-state index contributed by atoms with van der Waals surface area (Å²) in [6.45, 7) is 1.68. The van der Waals surface area contributed by atoms with Gasteiger partial charge in [0, 0.05) is 41.9 Å². The minimum absolute atomic E-state index is 0.101. The molecule has 1 saturated heterocycles. The molecule has 0 saturated carbocycles. The fraction of sp³-hybridized carbons (Fsp3) is 0.375. The fourth-order valence-corrected chi connectivity index (χ4v) is 3.16. The summed E-state index contributed by atoms with van der Waals surface area (Å²) >= 11 is 12.0. The zero-order valence-corrected chi connectivity index (χ0v) is 14.5. The van der Waals surface area contributed by atoms with E-state index in [-0.39, 0.29) is 12.0 Å². The summed E-state index contributed by atoms with van der Waals surface area (Å²) in [6.07, 6.45) is -2.55. The molecule has 0 spiro atoms. The van der Waals surface area contributed by atoms with Gasteiger partial charge in [-0.15, -0.1) is 0 Å². The molecule has 4 nitrogen and oxygen atoms in total. The van der Waals surface area contributed by atoms with Crippen molar-refractivity contribution in [3.05, 3.63) is 51.8 Å². The Hall–Kier alpha value is -1.57. The molecule has 25 heavy (non-hydrogen) atoms. The molecule has 1 aliphatic heterocycles. The summed E-state index contributed by atoms with van der Waals surface area (Å²) in [5.41, 5.74) is -0.0123. The quantitative estimate of drug-likeness (QED) is 0.850. The monoisotopic (exact) mass is 390 g/mol. The second-order valence-electron chi connectivity index (χ2n) is 5.79. The third kappa shape index (κ3) is 4.54. The molecule has 1 N–H and O–H groups in total. The fourth-order valence-electron chi connectivity index (χ4n) is 2.69. The smallest absolute Gasteiger partial charge is 0.339 e. The van der Waals surface area contributed by atoms with Gasteiger partial charge in [0.05, 0.1) is 0 Å². The number of nitrogens with zero attached hydrogens (tertiary/aromatic N) is 3. The van der Waals surface area contributed by atoms with Crippen molar-refractivity contribution in [2.75, 3.05) is 18.0 Å². The van der Waals surface area contributed by atoms with Crippen molar-refractivity contribution in [3.8, 4) is 0 Å².